The summed E-state index contributed by atoms with van der Waals surface area (Å²) < 4.78 is 45.3. The Bertz CT molecular complexity index is 1090. The molecule has 0 unspecified atom stereocenters. The average molecular weight is 493 g/mol. The third-order valence-electron chi connectivity index (χ3n) is 5.55. The Morgan fingerprint density at radius 1 is 1.21 bits per heavy atom. The van der Waals surface area contributed by atoms with Gasteiger partial charge in [-0.3, -0.25) is 19.4 Å². The number of nitrogens with one attached hydrogen (secondary N) is 1. The number of pyridine rings is 1. The number of hydrogen-bond acceptors (Lipinski definition) is 8. The Kier molecular flexibility index (Phi) is 8.70. The van der Waals surface area contributed by atoms with Gasteiger partial charge in [0.25, 0.3) is 15.9 Å². The molecular weight excluding hydrogens is 460 g/mol. The van der Waals surface area contributed by atoms with E-state index in [9.17, 15) is 13.2 Å². The van der Waals surface area contributed by atoms with Gasteiger partial charge in [0.1, 0.15) is 23.0 Å². The molecule has 2 heterocycles. The molecule has 1 amide bonds. The van der Waals surface area contributed by atoms with Gasteiger partial charge < -0.3 is 19.1 Å². The molecule has 1 aromatic carbocycles. The predicted molar refractivity (Wildman–Crippen MR) is 128 cm³/mol. The van der Waals surface area contributed by atoms with E-state index in [1.807, 2.05) is 13.8 Å². The van der Waals surface area contributed by atoms with E-state index in [-0.39, 0.29) is 22.2 Å². The topological polar surface area (TPSA) is 110 Å². The first-order chi connectivity index (χ1) is 16.2. The lowest BCUT2D eigenvalue weighted by molar-refractivity contribution is 0.0322. The predicted octanol–water partition coefficient (Wildman–Crippen LogP) is 2.08. The molecule has 3 rings (SSSR count). The lowest BCUT2D eigenvalue weighted by atomic mass is 10.1. The number of amides is 1. The Balaban J connectivity index is 1.86. The van der Waals surface area contributed by atoms with Crippen molar-refractivity contribution in [3.05, 3.63) is 42.2 Å². The van der Waals surface area contributed by atoms with Crippen LogP contribution in [0.25, 0.3) is 0 Å². The van der Waals surface area contributed by atoms with Crippen LogP contribution in [-0.2, 0) is 14.8 Å². The molecule has 0 radical (unpaired) electrons. The van der Waals surface area contributed by atoms with Gasteiger partial charge in [-0.05, 0) is 32.0 Å². The van der Waals surface area contributed by atoms with E-state index in [1.165, 1.54) is 42.6 Å². The number of anilines is 1. The fraction of sp³-hybridized carbons (Fsp3) is 0.478. The number of hydrogen-bond donors (Lipinski definition) is 1. The third kappa shape index (κ3) is 6.58. The zero-order chi connectivity index (χ0) is 24.7. The number of methoxy groups -OCH3 is 1. The minimum atomic E-state index is -4.10. The van der Waals surface area contributed by atoms with Gasteiger partial charge >= 0.3 is 0 Å². The van der Waals surface area contributed by atoms with Crippen LogP contribution in [0.1, 0.15) is 24.2 Å². The summed E-state index contributed by atoms with van der Waals surface area (Å²) in [5.74, 6) is 0.411. The number of carbonyl (C=O) groups is 1. The molecule has 2 aromatic rings. The van der Waals surface area contributed by atoms with Crippen molar-refractivity contribution in [2.24, 2.45) is 0 Å². The van der Waals surface area contributed by atoms with Crippen LogP contribution in [0.2, 0.25) is 0 Å². The van der Waals surface area contributed by atoms with Crippen LogP contribution in [0.4, 0.5) is 5.69 Å². The number of rotatable bonds is 10. The van der Waals surface area contributed by atoms with E-state index in [2.05, 4.69) is 14.6 Å². The molecule has 186 valence electrons. The molecular formula is C23H32N4O6S. The number of benzene rings is 1. The normalized spacial score (nSPS) is 14.6. The molecule has 1 N–H and O–H groups in total. The summed E-state index contributed by atoms with van der Waals surface area (Å²) in [5.41, 5.74) is 0.254. The van der Waals surface area contributed by atoms with Crippen LogP contribution in [0, 0.1) is 0 Å². The Hall–Kier alpha value is -2.89. The number of morpholine rings is 1. The van der Waals surface area contributed by atoms with Crippen LogP contribution in [-0.4, -0.2) is 88.8 Å². The van der Waals surface area contributed by atoms with Gasteiger partial charge in [-0.2, -0.15) is 0 Å². The van der Waals surface area contributed by atoms with Crippen molar-refractivity contribution in [2.45, 2.75) is 24.8 Å². The standard InChI is InChI=1S/C23H32N4O6S/c1-17(2)26(3)23(28)21-14-19(33-12-9-27-7-10-32-11-8-27)5-6-22(21)34(29,30)25-18-13-20(31-4)16-24-15-18/h5-6,13-17,25H,7-12H2,1-4H3. The summed E-state index contributed by atoms with van der Waals surface area (Å²) in [6, 6.07) is 5.82. The molecule has 1 aromatic heterocycles. The molecule has 1 aliphatic heterocycles. The number of carbonyl (C=O) groups excluding carboxylic acids is 1. The van der Waals surface area contributed by atoms with Crippen molar-refractivity contribution in [1.29, 1.82) is 0 Å². The molecule has 0 atom stereocenters. The van der Waals surface area contributed by atoms with Gasteiger partial charge in [0.15, 0.2) is 0 Å². The lowest BCUT2D eigenvalue weighted by Crippen LogP contribution is -2.38. The summed E-state index contributed by atoms with van der Waals surface area (Å²) in [4.78, 5) is 20.7. The van der Waals surface area contributed by atoms with Gasteiger partial charge in [0.2, 0.25) is 0 Å². The second-order valence-electron chi connectivity index (χ2n) is 8.19. The molecule has 0 spiro atoms. The highest BCUT2D eigenvalue weighted by Gasteiger charge is 2.26. The molecule has 0 saturated carbocycles. The smallest absolute Gasteiger partial charge is 0.262 e. The SMILES string of the molecule is COc1cncc(NS(=O)(=O)c2ccc(OCCN3CCOCC3)cc2C(=O)N(C)C(C)C)c1. The van der Waals surface area contributed by atoms with E-state index in [0.29, 0.717) is 37.9 Å². The number of nitrogens with zero attached hydrogens (tertiary/aromatic N) is 3. The minimum absolute atomic E-state index is 0.0310. The van der Waals surface area contributed by atoms with Crippen LogP contribution < -0.4 is 14.2 Å². The van der Waals surface area contributed by atoms with Crippen molar-refractivity contribution < 1.29 is 27.4 Å². The van der Waals surface area contributed by atoms with Crippen molar-refractivity contribution in [2.75, 3.05) is 58.3 Å². The van der Waals surface area contributed by atoms with E-state index in [4.69, 9.17) is 14.2 Å². The summed E-state index contributed by atoms with van der Waals surface area (Å²) in [6.07, 6.45) is 2.83. The molecule has 11 heteroatoms. The fourth-order valence-electron chi connectivity index (χ4n) is 3.34. The second kappa shape index (κ2) is 11.5. The number of sulfonamides is 1. The van der Waals surface area contributed by atoms with Gasteiger partial charge in [0, 0.05) is 38.8 Å². The molecule has 0 aliphatic carbocycles. The van der Waals surface area contributed by atoms with Gasteiger partial charge in [0.05, 0.1) is 44.0 Å². The zero-order valence-corrected chi connectivity index (χ0v) is 20.8. The highest BCUT2D eigenvalue weighted by atomic mass is 32.2. The molecule has 0 bridgehead atoms. The summed E-state index contributed by atoms with van der Waals surface area (Å²) in [5, 5.41) is 0. The maximum absolute atomic E-state index is 13.2. The largest absolute Gasteiger partial charge is 0.495 e. The quantitative estimate of drug-likeness (QED) is 0.537. The van der Waals surface area contributed by atoms with Gasteiger partial charge in [-0.25, -0.2) is 8.42 Å². The highest BCUT2D eigenvalue weighted by molar-refractivity contribution is 7.92. The fourth-order valence-corrected chi connectivity index (χ4v) is 4.55. The Morgan fingerprint density at radius 2 is 1.94 bits per heavy atom. The van der Waals surface area contributed by atoms with Crippen molar-refractivity contribution in [1.82, 2.24) is 14.8 Å². The number of aromatic nitrogens is 1. The van der Waals surface area contributed by atoms with E-state index in [0.717, 1.165) is 13.1 Å². The van der Waals surface area contributed by atoms with Crippen molar-refractivity contribution in [3.63, 3.8) is 0 Å². The zero-order valence-electron chi connectivity index (χ0n) is 20.0. The third-order valence-corrected chi connectivity index (χ3v) is 6.99. The number of ether oxygens (including phenoxy) is 3. The monoisotopic (exact) mass is 492 g/mol. The molecule has 34 heavy (non-hydrogen) atoms. The van der Waals surface area contributed by atoms with Crippen LogP contribution in [0.15, 0.2) is 41.6 Å². The summed E-state index contributed by atoms with van der Waals surface area (Å²) in [7, 11) is -1.00. The lowest BCUT2D eigenvalue weighted by Gasteiger charge is -2.26. The highest BCUT2D eigenvalue weighted by Crippen LogP contribution is 2.26. The Labute approximate surface area is 200 Å². The maximum atomic E-state index is 13.2. The minimum Gasteiger partial charge on any atom is -0.495 e. The molecule has 1 aliphatic rings. The maximum Gasteiger partial charge on any atom is 0.262 e. The van der Waals surface area contributed by atoms with Gasteiger partial charge in [-0.15, -0.1) is 0 Å². The van der Waals surface area contributed by atoms with E-state index in [1.54, 1.807) is 13.1 Å². The van der Waals surface area contributed by atoms with E-state index >= 15 is 0 Å². The van der Waals surface area contributed by atoms with Crippen LogP contribution >= 0.6 is 0 Å². The van der Waals surface area contributed by atoms with E-state index < -0.39 is 15.9 Å². The molecule has 1 saturated heterocycles. The Morgan fingerprint density at radius 3 is 2.62 bits per heavy atom. The molecule has 10 nitrogen and oxygen atoms in total. The van der Waals surface area contributed by atoms with Crippen molar-refractivity contribution in [3.8, 4) is 11.5 Å². The van der Waals surface area contributed by atoms with Crippen LogP contribution in [0.5, 0.6) is 11.5 Å². The van der Waals surface area contributed by atoms with Crippen molar-refractivity contribution >= 4 is 21.6 Å². The summed E-state index contributed by atoms with van der Waals surface area (Å²) >= 11 is 0. The first kappa shape index (κ1) is 25.7. The van der Waals surface area contributed by atoms with Crippen LogP contribution in [0.3, 0.4) is 0 Å². The average Bonchev–Trinajstić information content (AvgIpc) is 2.83. The van der Waals surface area contributed by atoms with Gasteiger partial charge in [-0.1, -0.05) is 0 Å². The second-order valence-corrected chi connectivity index (χ2v) is 9.84. The first-order valence-electron chi connectivity index (χ1n) is 11.1. The molecule has 1 fully saturated rings. The first-order valence-corrected chi connectivity index (χ1v) is 12.6. The summed E-state index contributed by atoms with van der Waals surface area (Å²) in [6.45, 7) is 7.91.